The molecule has 0 unspecified atom stereocenters. The molecule has 0 radical (unpaired) electrons. The molecule has 0 N–H and O–H groups in total. The van der Waals surface area contributed by atoms with Crippen LogP contribution in [0.1, 0.15) is 43.0 Å². The SMILES string of the molecule is CCC(=O)N(c1ccccc1)[C@@H]1CCN(CCCC(=O)c2ccc(F)cc2)C1. The van der Waals surface area contributed by atoms with Crippen LogP contribution in [0, 0.1) is 5.82 Å². The molecule has 2 aromatic rings. The summed E-state index contributed by atoms with van der Waals surface area (Å²) in [5.74, 6) is -0.142. The second-order valence-corrected chi connectivity index (χ2v) is 7.23. The van der Waals surface area contributed by atoms with E-state index in [2.05, 4.69) is 4.90 Å². The van der Waals surface area contributed by atoms with Crippen molar-refractivity contribution in [3.63, 3.8) is 0 Å². The Labute approximate surface area is 166 Å². The van der Waals surface area contributed by atoms with Crippen LogP contribution in [0.4, 0.5) is 10.1 Å². The van der Waals surface area contributed by atoms with E-state index in [4.69, 9.17) is 0 Å². The molecule has 0 bridgehead atoms. The van der Waals surface area contributed by atoms with Crippen LogP contribution in [0.3, 0.4) is 0 Å². The summed E-state index contributed by atoms with van der Waals surface area (Å²) in [4.78, 5) is 29.0. The van der Waals surface area contributed by atoms with Crippen molar-refractivity contribution in [1.82, 2.24) is 4.90 Å². The lowest BCUT2D eigenvalue weighted by Gasteiger charge is -2.29. The zero-order valence-electron chi connectivity index (χ0n) is 16.3. The number of carbonyl (C=O) groups is 2. The van der Waals surface area contributed by atoms with Crippen LogP contribution < -0.4 is 4.90 Å². The lowest BCUT2D eigenvalue weighted by atomic mass is 10.1. The van der Waals surface area contributed by atoms with E-state index in [1.54, 1.807) is 0 Å². The van der Waals surface area contributed by atoms with Crippen LogP contribution in [-0.4, -0.2) is 42.3 Å². The molecule has 2 aromatic carbocycles. The number of Topliss-reactive ketones (excluding diaryl/α,β-unsaturated/α-hetero) is 1. The van der Waals surface area contributed by atoms with Crippen molar-refractivity contribution < 1.29 is 14.0 Å². The number of hydrogen-bond donors (Lipinski definition) is 0. The smallest absolute Gasteiger partial charge is 0.227 e. The minimum Gasteiger partial charge on any atom is -0.308 e. The summed E-state index contributed by atoms with van der Waals surface area (Å²) in [5.41, 5.74) is 1.51. The molecule has 4 nitrogen and oxygen atoms in total. The number of carbonyl (C=O) groups excluding carboxylic acids is 2. The normalized spacial score (nSPS) is 16.9. The Balaban J connectivity index is 1.52. The lowest BCUT2D eigenvalue weighted by Crippen LogP contribution is -2.42. The third-order valence-electron chi connectivity index (χ3n) is 5.26. The third-order valence-corrected chi connectivity index (χ3v) is 5.26. The van der Waals surface area contributed by atoms with E-state index in [0.29, 0.717) is 18.4 Å². The van der Waals surface area contributed by atoms with Gasteiger partial charge in [-0.25, -0.2) is 4.39 Å². The number of hydrogen-bond acceptors (Lipinski definition) is 3. The summed E-state index contributed by atoms with van der Waals surface area (Å²) >= 11 is 0. The molecule has 1 amide bonds. The van der Waals surface area contributed by atoms with E-state index in [1.165, 1.54) is 24.3 Å². The second kappa shape index (κ2) is 9.60. The standard InChI is InChI=1S/C23H27FN2O2/c1-2-23(28)26(20-7-4-3-5-8-20)21-14-16-25(17-21)15-6-9-22(27)18-10-12-19(24)13-11-18/h3-5,7-8,10-13,21H,2,6,9,14-17H2,1H3/t21-/m1/s1. The van der Waals surface area contributed by atoms with Crippen molar-refractivity contribution in [3.05, 3.63) is 66.0 Å². The fourth-order valence-electron chi connectivity index (χ4n) is 3.79. The maximum Gasteiger partial charge on any atom is 0.227 e. The minimum absolute atomic E-state index is 0.0443. The predicted molar refractivity (Wildman–Crippen MR) is 109 cm³/mol. The first kappa shape index (κ1) is 20.2. The highest BCUT2D eigenvalue weighted by Gasteiger charge is 2.30. The average molecular weight is 382 g/mol. The monoisotopic (exact) mass is 382 g/mol. The summed E-state index contributed by atoms with van der Waals surface area (Å²) in [5, 5.41) is 0. The van der Waals surface area contributed by atoms with Gasteiger partial charge in [-0.1, -0.05) is 25.1 Å². The topological polar surface area (TPSA) is 40.6 Å². The average Bonchev–Trinajstić information content (AvgIpc) is 3.17. The maximum absolute atomic E-state index is 13.0. The van der Waals surface area contributed by atoms with Crippen molar-refractivity contribution in [3.8, 4) is 0 Å². The van der Waals surface area contributed by atoms with Crippen molar-refractivity contribution in [2.45, 2.75) is 38.6 Å². The first-order chi connectivity index (χ1) is 13.6. The number of amides is 1. The number of likely N-dealkylation sites (tertiary alicyclic amines) is 1. The van der Waals surface area contributed by atoms with Crippen molar-refractivity contribution >= 4 is 17.4 Å². The Morgan fingerprint density at radius 3 is 2.50 bits per heavy atom. The molecular formula is C23H27FN2O2. The number of ketones is 1. The van der Waals surface area contributed by atoms with E-state index >= 15 is 0 Å². The fourth-order valence-corrected chi connectivity index (χ4v) is 3.79. The van der Waals surface area contributed by atoms with E-state index in [0.717, 1.165) is 38.2 Å². The zero-order valence-corrected chi connectivity index (χ0v) is 16.3. The van der Waals surface area contributed by atoms with Crippen LogP contribution in [0.2, 0.25) is 0 Å². The van der Waals surface area contributed by atoms with Gasteiger partial charge in [-0.05, 0) is 55.8 Å². The summed E-state index contributed by atoms with van der Waals surface area (Å²) in [6, 6.07) is 15.7. The number of para-hydroxylation sites is 1. The van der Waals surface area contributed by atoms with Crippen LogP contribution in [0.25, 0.3) is 0 Å². The van der Waals surface area contributed by atoms with Crippen molar-refractivity contribution in [2.75, 3.05) is 24.5 Å². The van der Waals surface area contributed by atoms with Gasteiger partial charge in [-0.15, -0.1) is 0 Å². The van der Waals surface area contributed by atoms with E-state index in [9.17, 15) is 14.0 Å². The third kappa shape index (κ3) is 5.04. The minimum atomic E-state index is -0.329. The Morgan fingerprint density at radius 2 is 1.82 bits per heavy atom. The highest BCUT2D eigenvalue weighted by Crippen LogP contribution is 2.24. The van der Waals surface area contributed by atoms with E-state index in [-0.39, 0.29) is 23.5 Å². The van der Waals surface area contributed by atoms with E-state index in [1.807, 2.05) is 42.2 Å². The van der Waals surface area contributed by atoms with Crippen LogP contribution in [-0.2, 0) is 4.79 Å². The van der Waals surface area contributed by atoms with Gasteiger partial charge in [0.25, 0.3) is 0 Å². The van der Waals surface area contributed by atoms with Crippen LogP contribution in [0.5, 0.6) is 0 Å². The van der Waals surface area contributed by atoms with Gasteiger partial charge in [0, 0.05) is 37.2 Å². The molecule has 148 valence electrons. The Hall–Kier alpha value is -2.53. The largest absolute Gasteiger partial charge is 0.308 e. The Bertz CT molecular complexity index is 792. The number of rotatable bonds is 8. The van der Waals surface area contributed by atoms with Crippen LogP contribution >= 0.6 is 0 Å². The first-order valence-corrected chi connectivity index (χ1v) is 9.96. The van der Waals surface area contributed by atoms with Gasteiger partial charge in [0.1, 0.15) is 5.82 Å². The number of nitrogens with zero attached hydrogens (tertiary/aromatic N) is 2. The quantitative estimate of drug-likeness (QED) is 0.639. The lowest BCUT2D eigenvalue weighted by molar-refractivity contribution is -0.118. The van der Waals surface area contributed by atoms with Crippen molar-refractivity contribution in [2.24, 2.45) is 0 Å². The van der Waals surface area contributed by atoms with Gasteiger partial charge in [-0.3, -0.25) is 9.59 Å². The van der Waals surface area contributed by atoms with Gasteiger partial charge in [0.2, 0.25) is 5.91 Å². The summed E-state index contributed by atoms with van der Waals surface area (Å²) in [6.45, 7) is 4.47. The fraction of sp³-hybridized carbons (Fsp3) is 0.391. The molecule has 1 aliphatic heterocycles. The maximum atomic E-state index is 13.0. The molecule has 0 saturated carbocycles. The zero-order chi connectivity index (χ0) is 19.9. The molecule has 28 heavy (non-hydrogen) atoms. The molecule has 1 heterocycles. The molecule has 0 aliphatic carbocycles. The number of halogens is 1. The summed E-state index contributed by atoms with van der Waals surface area (Å²) in [6.07, 6.45) is 2.63. The summed E-state index contributed by atoms with van der Waals surface area (Å²) < 4.78 is 13.0. The molecule has 3 rings (SSSR count). The first-order valence-electron chi connectivity index (χ1n) is 9.96. The molecule has 1 atom stereocenters. The number of benzene rings is 2. The molecular weight excluding hydrogens is 355 g/mol. The highest BCUT2D eigenvalue weighted by atomic mass is 19.1. The van der Waals surface area contributed by atoms with Gasteiger partial charge >= 0.3 is 0 Å². The molecule has 0 aromatic heterocycles. The number of anilines is 1. The Kier molecular flexibility index (Phi) is 6.93. The summed E-state index contributed by atoms with van der Waals surface area (Å²) in [7, 11) is 0. The molecule has 5 heteroatoms. The molecule has 0 spiro atoms. The highest BCUT2D eigenvalue weighted by molar-refractivity contribution is 5.96. The Morgan fingerprint density at radius 1 is 1.11 bits per heavy atom. The van der Waals surface area contributed by atoms with Crippen molar-refractivity contribution in [1.29, 1.82) is 0 Å². The predicted octanol–water partition coefficient (Wildman–Crippen LogP) is 4.31. The van der Waals surface area contributed by atoms with Gasteiger partial charge in [0.05, 0.1) is 6.04 Å². The molecule has 1 fully saturated rings. The molecule has 1 aliphatic rings. The van der Waals surface area contributed by atoms with Gasteiger partial charge in [0.15, 0.2) is 5.78 Å². The van der Waals surface area contributed by atoms with Gasteiger partial charge in [-0.2, -0.15) is 0 Å². The second-order valence-electron chi connectivity index (χ2n) is 7.23. The van der Waals surface area contributed by atoms with Crippen LogP contribution in [0.15, 0.2) is 54.6 Å². The molecule has 1 saturated heterocycles. The van der Waals surface area contributed by atoms with E-state index < -0.39 is 0 Å². The van der Waals surface area contributed by atoms with Gasteiger partial charge < -0.3 is 9.80 Å².